The molecule has 0 aliphatic carbocycles. The predicted molar refractivity (Wildman–Crippen MR) is 107 cm³/mol. The molecule has 0 saturated heterocycles. The number of aryl methyl sites for hydroxylation is 1. The fourth-order valence-corrected chi connectivity index (χ4v) is 3.09. The summed E-state index contributed by atoms with van der Waals surface area (Å²) in [5.41, 5.74) is 2.07. The Morgan fingerprint density at radius 1 is 0.929 bits per heavy atom. The van der Waals surface area contributed by atoms with Gasteiger partial charge in [0, 0.05) is 0 Å². The standard InChI is InChI=1S/C21H18N2O4S/c1-16-7-13-20(14-8-16)28(25,26)23-22-15-17-9-11-19(12-10-17)27-21(24)18-5-3-2-4-6-18/h2-15,23H,1H3. The van der Waals surface area contributed by atoms with Crippen molar-refractivity contribution in [2.75, 3.05) is 0 Å². The van der Waals surface area contributed by atoms with Crippen molar-refractivity contribution in [3.05, 3.63) is 95.6 Å². The summed E-state index contributed by atoms with van der Waals surface area (Å²) in [6, 6.07) is 21.7. The first-order chi connectivity index (χ1) is 13.4. The van der Waals surface area contributed by atoms with Crippen molar-refractivity contribution < 1.29 is 17.9 Å². The van der Waals surface area contributed by atoms with Crippen LogP contribution >= 0.6 is 0 Å². The van der Waals surface area contributed by atoms with E-state index in [1.54, 1.807) is 60.7 Å². The summed E-state index contributed by atoms with van der Waals surface area (Å²) < 4.78 is 29.6. The van der Waals surface area contributed by atoms with Gasteiger partial charge in [0.05, 0.1) is 16.7 Å². The molecule has 0 saturated carbocycles. The number of nitrogens with zero attached hydrogens (tertiary/aromatic N) is 1. The van der Waals surface area contributed by atoms with Gasteiger partial charge in [-0.1, -0.05) is 35.9 Å². The maximum Gasteiger partial charge on any atom is 0.343 e. The van der Waals surface area contributed by atoms with Crippen LogP contribution in [0, 0.1) is 6.92 Å². The van der Waals surface area contributed by atoms with Gasteiger partial charge in [-0.25, -0.2) is 9.63 Å². The Hall–Kier alpha value is -3.45. The normalized spacial score (nSPS) is 11.3. The van der Waals surface area contributed by atoms with Crippen LogP contribution in [0.4, 0.5) is 0 Å². The summed E-state index contributed by atoms with van der Waals surface area (Å²) in [7, 11) is -3.72. The summed E-state index contributed by atoms with van der Waals surface area (Å²) in [4.78, 5) is 14.3. The molecular weight excluding hydrogens is 376 g/mol. The maximum atomic E-state index is 12.2. The third-order valence-corrected chi connectivity index (χ3v) is 5.06. The van der Waals surface area contributed by atoms with Crippen LogP contribution in [0.15, 0.2) is 88.9 Å². The lowest BCUT2D eigenvalue weighted by atomic mass is 10.2. The van der Waals surface area contributed by atoms with Crippen molar-refractivity contribution in [3.8, 4) is 5.75 Å². The van der Waals surface area contributed by atoms with Gasteiger partial charge in [0.15, 0.2) is 0 Å². The lowest BCUT2D eigenvalue weighted by Gasteiger charge is -2.05. The molecule has 0 heterocycles. The van der Waals surface area contributed by atoms with Gasteiger partial charge in [0.2, 0.25) is 0 Å². The first-order valence-electron chi connectivity index (χ1n) is 8.43. The zero-order valence-corrected chi connectivity index (χ0v) is 15.9. The molecule has 3 aromatic rings. The van der Waals surface area contributed by atoms with E-state index in [1.165, 1.54) is 18.3 Å². The minimum Gasteiger partial charge on any atom is -0.423 e. The van der Waals surface area contributed by atoms with Crippen molar-refractivity contribution in [2.24, 2.45) is 5.10 Å². The molecule has 3 aromatic carbocycles. The van der Waals surface area contributed by atoms with Gasteiger partial charge >= 0.3 is 5.97 Å². The Morgan fingerprint density at radius 3 is 2.21 bits per heavy atom. The van der Waals surface area contributed by atoms with E-state index < -0.39 is 16.0 Å². The average molecular weight is 394 g/mol. The van der Waals surface area contributed by atoms with Crippen molar-refractivity contribution in [1.29, 1.82) is 0 Å². The molecule has 0 aliphatic heterocycles. The minimum atomic E-state index is -3.72. The molecule has 28 heavy (non-hydrogen) atoms. The minimum absolute atomic E-state index is 0.137. The zero-order chi connectivity index (χ0) is 20.0. The number of hydrogen-bond acceptors (Lipinski definition) is 5. The Balaban J connectivity index is 1.61. The number of carbonyl (C=O) groups is 1. The van der Waals surface area contributed by atoms with E-state index in [0.717, 1.165) is 5.56 Å². The summed E-state index contributed by atoms with van der Waals surface area (Å²) in [6.45, 7) is 1.88. The second kappa shape index (κ2) is 8.49. The highest BCUT2D eigenvalue weighted by Crippen LogP contribution is 2.14. The van der Waals surface area contributed by atoms with Crippen LogP contribution in [-0.2, 0) is 10.0 Å². The van der Waals surface area contributed by atoms with E-state index in [1.807, 2.05) is 13.0 Å². The van der Waals surface area contributed by atoms with E-state index >= 15 is 0 Å². The molecule has 0 radical (unpaired) electrons. The van der Waals surface area contributed by atoms with Gasteiger partial charge < -0.3 is 4.74 Å². The Kier molecular flexibility index (Phi) is 5.86. The van der Waals surface area contributed by atoms with Crippen LogP contribution in [-0.4, -0.2) is 20.6 Å². The van der Waals surface area contributed by atoms with Crippen molar-refractivity contribution in [2.45, 2.75) is 11.8 Å². The van der Waals surface area contributed by atoms with Crippen LogP contribution < -0.4 is 9.57 Å². The fraction of sp³-hybridized carbons (Fsp3) is 0.0476. The smallest absolute Gasteiger partial charge is 0.343 e. The van der Waals surface area contributed by atoms with Gasteiger partial charge in [0.1, 0.15) is 5.75 Å². The topological polar surface area (TPSA) is 84.8 Å². The molecule has 7 heteroatoms. The Bertz CT molecular complexity index is 1080. The maximum absolute atomic E-state index is 12.2. The van der Waals surface area contributed by atoms with Crippen LogP contribution in [0.2, 0.25) is 0 Å². The molecule has 0 fully saturated rings. The summed E-state index contributed by atoms with van der Waals surface area (Å²) in [6.07, 6.45) is 1.37. The highest BCUT2D eigenvalue weighted by molar-refractivity contribution is 7.89. The van der Waals surface area contributed by atoms with Gasteiger partial charge in [0.25, 0.3) is 10.0 Å². The summed E-state index contributed by atoms with van der Waals surface area (Å²) >= 11 is 0. The number of rotatable bonds is 6. The lowest BCUT2D eigenvalue weighted by Crippen LogP contribution is -2.18. The van der Waals surface area contributed by atoms with Crippen molar-refractivity contribution in [1.82, 2.24) is 4.83 Å². The van der Waals surface area contributed by atoms with Crippen LogP contribution in [0.3, 0.4) is 0 Å². The molecule has 0 spiro atoms. The molecular formula is C21H18N2O4S. The van der Waals surface area contributed by atoms with Gasteiger partial charge in [-0.05, 0) is 61.0 Å². The van der Waals surface area contributed by atoms with Gasteiger partial charge in [-0.2, -0.15) is 13.5 Å². The van der Waals surface area contributed by atoms with E-state index in [0.29, 0.717) is 16.9 Å². The summed E-state index contributed by atoms with van der Waals surface area (Å²) in [5.74, 6) is -0.0703. The SMILES string of the molecule is Cc1ccc(S(=O)(=O)NN=Cc2ccc(OC(=O)c3ccccc3)cc2)cc1. The van der Waals surface area contributed by atoms with E-state index in [4.69, 9.17) is 4.74 Å². The number of nitrogens with one attached hydrogen (secondary N) is 1. The van der Waals surface area contributed by atoms with Crippen LogP contribution in [0.5, 0.6) is 5.75 Å². The largest absolute Gasteiger partial charge is 0.423 e. The first kappa shape index (κ1) is 19.3. The number of esters is 1. The second-order valence-corrected chi connectivity index (χ2v) is 7.65. The van der Waals surface area contributed by atoms with E-state index in [2.05, 4.69) is 9.93 Å². The quantitative estimate of drug-likeness (QED) is 0.300. The highest BCUT2D eigenvalue weighted by Gasteiger charge is 2.11. The monoisotopic (exact) mass is 394 g/mol. The average Bonchev–Trinajstić information content (AvgIpc) is 2.70. The third kappa shape index (κ3) is 5.05. The zero-order valence-electron chi connectivity index (χ0n) is 15.1. The summed E-state index contributed by atoms with van der Waals surface area (Å²) in [5, 5.41) is 3.78. The van der Waals surface area contributed by atoms with Crippen molar-refractivity contribution >= 4 is 22.2 Å². The number of hydrogen-bond donors (Lipinski definition) is 1. The Labute approximate surface area is 163 Å². The lowest BCUT2D eigenvalue weighted by molar-refractivity contribution is 0.0734. The number of sulfonamides is 1. The molecule has 6 nitrogen and oxygen atoms in total. The van der Waals surface area contributed by atoms with E-state index in [-0.39, 0.29) is 4.90 Å². The number of hydrazone groups is 1. The van der Waals surface area contributed by atoms with Crippen molar-refractivity contribution in [3.63, 3.8) is 0 Å². The number of carbonyl (C=O) groups excluding carboxylic acids is 1. The molecule has 0 bridgehead atoms. The number of benzene rings is 3. The molecule has 3 rings (SSSR count). The van der Waals surface area contributed by atoms with E-state index in [9.17, 15) is 13.2 Å². The molecule has 142 valence electrons. The molecule has 0 aromatic heterocycles. The van der Waals surface area contributed by atoms with Gasteiger partial charge in [-0.3, -0.25) is 0 Å². The second-order valence-electron chi connectivity index (χ2n) is 5.99. The first-order valence-corrected chi connectivity index (χ1v) is 9.91. The van der Waals surface area contributed by atoms with Crippen LogP contribution in [0.1, 0.15) is 21.5 Å². The predicted octanol–water partition coefficient (Wildman–Crippen LogP) is 3.53. The highest BCUT2D eigenvalue weighted by atomic mass is 32.2. The number of ether oxygens (including phenoxy) is 1. The molecule has 0 unspecified atom stereocenters. The third-order valence-electron chi connectivity index (χ3n) is 3.82. The van der Waals surface area contributed by atoms with Crippen LogP contribution in [0.25, 0.3) is 0 Å². The molecule has 0 atom stereocenters. The Morgan fingerprint density at radius 2 is 1.57 bits per heavy atom. The molecule has 1 N–H and O–H groups in total. The molecule has 0 aliphatic rings. The molecule has 0 amide bonds. The fourth-order valence-electron chi connectivity index (χ4n) is 2.30. The van der Waals surface area contributed by atoms with Gasteiger partial charge in [-0.15, -0.1) is 0 Å².